The van der Waals surface area contributed by atoms with Gasteiger partial charge in [-0.1, -0.05) is 24.3 Å². The lowest BCUT2D eigenvalue weighted by Crippen LogP contribution is -2.30. The molecule has 5 heteroatoms. The zero-order valence-corrected chi connectivity index (χ0v) is 13.8. The topological polar surface area (TPSA) is 23.5 Å². The number of aliphatic hydroxyl groups is 1. The van der Waals surface area contributed by atoms with Gasteiger partial charge in [-0.15, -0.1) is 0 Å². The van der Waals surface area contributed by atoms with E-state index in [-0.39, 0.29) is 5.82 Å². The van der Waals surface area contributed by atoms with Crippen LogP contribution < -0.4 is 0 Å². The van der Waals surface area contributed by atoms with Crippen molar-refractivity contribution < 1.29 is 18.3 Å². The summed E-state index contributed by atoms with van der Waals surface area (Å²) >= 11 is 0. The molecule has 132 valence electrons. The summed E-state index contributed by atoms with van der Waals surface area (Å²) in [5.74, 6) is -2.10. The molecule has 2 nitrogen and oxygen atoms in total. The third kappa shape index (κ3) is 4.50. The first kappa shape index (κ1) is 17.7. The van der Waals surface area contributed by atoms with Crippen LogP contribution in [0.25, 0.3) is 5.57 Å². The number of rotatable bonds is 5. The molecule has 0 spiro atoms. The smallest absolute Gasteiger partial charge is 0.159 e. The number of hydrogen-bond donors (Lipinski definition) is 1. The van der Waals surface area contributed by atoms with Crippen LogP contribution in [0, 0.1) is 17.5 Å². The van der Waals surface area contributed by atoms with E-state index in [0.717, 1.165) is 37.2 Å². The maximum absolute atomic E-state index is 13.2. The van der Waals surface area contributed by atoms with E-state index in [9.17, 15) is 18.3 Å². The first-order valence-electron chi connectivity index (χ1n) is 8.33. The van der Waals surface area contributed by atoms with Crippen molar-refractivity contribution in [3.63, 3.8) is 0 Å². The Bertz CT molecular complexity index is 758. The van der Waals surface area contributed by atoms with E-state index in [1.54, 1.807) is 12.1 Å². The van der Waals surface area contributed by atoms with E-state index < -0.39 is 17.7 Å². The summed E-state index contributed by atoms with van der Waals surface area (Å²) in [4.78, 5) is 2.19. The molecule has 0 aliphatic carbocycles. The van der Waals surface area contributed by atoms with Crippen LogP contribution in [0.3, 0.4) is 0 Å². The van der Waals surface area contributed by atoms with Crippen LogP contribution in [0.1, 0.15) is 30.1 Å². The molecule has 25 heavy (non-hydrogen) atoms. The molecule has 1 aliphatic heterocycles. The Labute approximate surface area is 145 Å². The van der Waals surface area contributed by atoms with Crippen molar-refractivity contribution in [3.8, 4) is 0 Å². The fourth-order valence-corrected chi connectivity index (χ4v) is 3.03. The van der Waals surface area contributed by atoms with Crippen LogP contribution in [-0.4, -0.2) is 29.6 Å². The van der Waals surface area contributed by atoms with Crippen LogP contribution in [0.2, 0.25) is 0 Å². The van der Waals surface area contributed by atoms with Gasteiger partial charge in [-0.25, -0.2) is 13.2 Å². The summed E-state index contributed by atoms with van der Waals surface area (Å²) in [7, 11) is 0. The maximum atomic E-state index is 13.2. The van der Waals surface area contributed by atoms with Crippen LogP contribution >= 0.6 is 0 Å². The summed E-state index contributed by atoms with van der Waals surface area (Å²) < 4.78 is 39.2. The van der Waals surface area contributed by atoms with Crippen molar-refractivity contribution in [2.45, 2.75) is 18.9 Å². The Morgan fingerprint density at radius 1 is 1.00 bits per heavy atom. The number of halogens is 3. The molecular formula is C20H20F3NO. The van der Waals surface area contributed by atoms with Crippen molar-refractivity contribution in [2.75, 3.05) is 19.6 Å². The molecule has 0 bridgehead atoms. The van der Waals surface area contributed by atoms with Gasteiger partial charge in [-0.2, -0.15) is 0 Å². The lowest BCUT2D eigenvalue weighted by molar-refractivity contribution is 0.144. The molecule has 1 unspecified atom stereocenters. The molecule has 2 aromatic carbocycles. The van der Waals surface area contributed by atoms with Gasteiger partial charge in [0.25, 0.3) is 0 Å². The highest BCUT2D eigenvalue weighted by Crippen LogP contribution is 2.24. The molecular weight excluding hydrogens is 327 g/mol. The molecule has 0 saturated heterocycles. The molecule has 2 aromatic rings. The predicted molar refractivity (Wildman–Crippen MR) is 91.4 cm³/mol. The van der Waals surface area contributed by atoms with Crippen LogP contribution in [0.15, 0.2) is 48.5 Å². The lowest BCUT2D eigenvalue weighted by Gasteiger charge is -2.27. The third-order valence-corrected chi connectivity index (χ3v) is 4.56. The Hall–Kier alpha value is -2.11. The zero-order chi connectivity index (χ0) is 17.8. The normalized spacial score (nSPS) is 16.6. The highest BCUT2D eigenvalue weighted by molar-refractivity contribution is 5.66. The van der Waals surface area contributed by atoms with Gasteiger partial charge in [0.05, 0.1) is 6.10 Å². The Kier molecular flexibility index (Phi) is 5.56. The van der Waals surface area contributed by atoms with Gasteiger partial charge in [-0.3, -0.25) is 4.90 Å². The van der Waals surface area contributed by atoms with Gasteiger partial charge in [-0.05, 0) is 53.8 Å². The van der Waals surface area contributed by atoms with E-state index in [4.69, 9.17) is 0 Å². The second kappa shape index (κ2) is 7.85. The van der Waals surface area contributed by atoms with Gasteiger partial charge < -0.3 is 5.11 Å². The van der Waals surface area contributed by atoms with E-state index >= 15 is 0 Å². The molecule has 0 amide bonds. The minimum absolute atomic E-state index is 0.243. The number of benzene rings is 2. The fraction of sp³-hybridized carbons (Fsp3) is 0.300. The Balaban J connectivity index is 1.53. The van der Waals surface area contributed by atoms with Crippen molar-refractivity contribution in [1.82, 2.24) is 4.90 Å². The van der Waals surface area contributed by atoms with Gasteiger partial charge in [0.15, 0.2) is 11.6 Å². The summed E-state index contributed by atoms with van der Waals surface area (Å²) in [5, 5.41) is 10.2. The van der Waals surface area contributed by atoms with E-state index in [2.05, 4.69) is 11.0 Å². The average Bonchev–Trinajstić information content (AvgIpc) is 2.63. The van der Waals surface area contributed by atoms with E-state index in [1.807, 2.05) is 0 Å². The number of aliphatic hydroxyl groups excluding tert-OH is 1. The second-order valence-corrected chi connectivity index (χ2v) is 6.26. The van der Waals surface area contributed by atoms with Crippen LogP contribution in [0.5, 0.6) is 0 Å². The molecule has 1 atom stereocenters. The van der Waals surface area contributed by atoms with Gasteiger partial charge in [0.2, 0.25) is 0 Å². The van der Waals surface area contributed by atoms with Crippen LogP contribution in [0.4, 0.5) is 13.2 Å². The summed E-state index contributed by atoms with van der Waals surface area (Å²) in [6.07, 6.45) is 2.59. The Morgan fingerprint density at radius 3 is 2.40 bits per heavy atom. The first-order chi connectivity index (χ1) is 12.0. The molecule has 0 fully saturated rings. The first-order valence-corrected chi connectivity index (χ1v) is 8.33. The largest absolute Gasteiger partial charge is 0.388 e. The van der Waals surface area contributed by atoms with Gasteiger partial charge >= 0.3 is 0 Å². The highest BCUT2D eigenvalue weighted by Gasteiger charge is 2.16. The third-order valence-electron chi connectivity index (χ3n) is 4.56. The summed E-state index contributed by atoms with van der Waals surface area (Å²) in [6.45, 7) is 2.25. The monoisotopic (exact) mass is 347 g/mol. The molecule has 3 rings (SSSR count). The lowest BCUT2D eigenvalue weighted by atomic mass is 9.99. The minimum atomic E-state index is -0.943. The predicted octanol–water partition coefficient (Wildman–Crippen LogP) is 4.32. The maximum Gasteiger partial charge on any atom is 0.159 e. The van der Waals surface area contributed by atoms with E-state index in [1.165, 1.54) is 23.8 Å². The molecule has 1 N–H and O–H groups in total. The molecule has 0 radical (unpaired) electrons. The number of nitrogens with zero attached hydrogens (tertiary/aromatic N) is 1. The van der Waals surface area contributed by atoms with Crippen molar-refractivity contribution >= 4 is 5.57 Å². The average molecular weight is 347 g/mol. The SMILES string of the molecule is OC(CCN1CC=C(c2ccc(F)cc2)CC1)c1ccc(F)c(F)c1. The van der Waals surface area contributed by atoms with Crippen molar-refractivity contribution in [2.24, 2.45) is 0 Å². The number of hydrogen-bond acceptors (Lipinski definition) is 2. The highest BCUT2D eigenvalue weighted by atomic mass is 19.2. The fourth-order valence-electron chi connectivity index (χ4n) is 3.03. The summed E-state index contributed by atoms with van der Waals surface area (Å²) in [6, 6.07) is 9.97. The van der Waals surface area contributed by atoms with Gasteiger partial charge in [0.1, 0.15) is 5.82 Å². The summed E-state index contributed by atoms with van der Waals surface area (Å²) in [5.41, 5.74) is 2.61. The van der Waals surface area contributed by atoms with Crippen molar-refractivity contribution in [3.05, 3.63) is 77.1 Å². The molecule has 0 aromatic heterocycles. The van der Waals surface area contributed by atoms with Gasteiger partial charge in [0, 0.05) is 19.6 Å². The standard InChI is InChI=1S/C20H20F3NO/c21-17-4-1-14(2-5-17)15-7-10-24(11-8-15)12-9-20(25)16-3-6-18(22)19(23)13-16/h1-7,13,20,25H,8-12H2. The van der Waals surface area contributed by atoms with Crippen LogP contribution in [-0.2, 0) is 0 Å². The molecule has 1 heterocycles. The Morgan fingerprint density at radius 2 is 1.76 bits per heavy atom. The minimum Gasteiger partial charge on any atom is -0.388 e. The van der Waals surface area contributed by atoms with E-state index in [0.29, 0.717) is 18.5 Å². The quantitative estimate of drug-likeness (QED) is 0.871. The zero-order valence-electron chi connectivity index (χ0n) is 13.8. The van der Waals surface area contributed by atoms with Crippen molar-refractivity contribution in [1.29, 1.82) is 0 Å². The molecule has 1 aliphatic rings. The second-order valence-electron chi connectivity index (χ2n) is 6.26. The molecule has 0 saturated carbocycles.